The van der Waals surface area contributed by atoms with E-state index in [0.29, 0.717) is 10.9 Å². The van der Waals surface area contributed by atoms with Crippen LogP contribution in [-0.2, 0) is 6.42 Å². The van der Waals surface area contributed by atoms with Crippen LogP contribution in [0.4, 0.5) is 5.13 Å². The van der Waals surface area contributed by atoms with E-state index < -0.39 is 0 Å². The number of nitrogens with zero attached hydrogens (tertiary/aromatic N) is 3. The molecule has 2 heterocycles. The second kappa shape index (κ2) is 5.26. The summed E-state index contributed by atoms with van der Waals surface area (Å²) >= 11 is 1.36. The summed E-state index contributed by atoms with van der Waals surface area (Å²) < 4.78 is 5.07. The van der Waals surface area contributed by atoms with Gasteiger partial charge in [0, 0.05) is 12.0 Å². The maximum Gasteiger partial charge on any atom is 0.279 e. The van der Waals surface area contributed by atoms with Gasteiger partial charge < -0.3 is 4.52 Å². The number of carbonyl (C=O) groups is 1. The molecule has 2 aromatic heterocycles. The van der Waals surface area contributed by atoms with E-state index in [1.54, 1.807) is 6.07 Å². The monoisotopic (exact) mass is 266 g/mol. The molecule has 18 heavy (non-hydrogen) atoms. The normalized spacial score (nSPS) is 10.9. The number of hydrogen-bond donors (Lipinski definition) is 1. The predicted molar refractivity (Wildman–Crippen MR) is 67.8 cm³/mol. The SMILES string of the molecule is CCc1nnc(NC(=O)c2cc(C(C)C)on2)s1. The van der Waals surface area contributed by atoms with Gasteiger partial charge in [-0.1, -0.05) is 37.3 Å². The molecular formula is C11H14N4O2S. The fourth-order valence-corrected chi connectivity index (χ4v) is 1.95. The summed E-state index contributed by atoms with van der Waals surface area (Å²) in [5.41, 5.74) is 0.256. The van der Waals surface area contributed by atoms with Crippen LogP contribution in [0.2, 0.25) is 0 Å². The van der Waals surface area contributed by atoms with Crippen LogP contribution >= 0.6 is 11.3 Å². The number of anilines is 1. The van der Waals surface area contributed by atoms with Gasteiger partial charge in [-0.3, -0.25) is 10.1 Å². The van der Waals surface area contributed by atoms with Crippen molar-refractivity contribution in [1.82, 2.24) is 15.4 Å². The number of nitrogens with one attached hydrogen (secondary N) is 1. The molecule has 0 unspecified atom stereocenters. The zero-order valence-electron chi connectivity index (χ0n) is 10.4. The summed E-state index contributed by atoms with van der Waals surface area (Å²) in [5, 5.41) is 15.5. The fraction of sp³-hybridized carbons (Fsp3) is 0.455. The van der Waals surface area contributed by atoms with E-state index in [0.717, 1.165) is 11.4 Å². The van der Waals surface area contributed by atoms with Crippen molar-refractivity contribution in [2.24, 2.45) is 0 Å². The average molecular weight is 266 g/mol. The summed E-state index contributed by atoms with van der Waals surface area (Å²) in [5.74, 6) is 0.559. The molecule has 0 saturated heterocycles. The van der Waals surface area contributed by atoms with E-state index >= 15 is 0 Å². The highest BCUT2D eigenvalue weighted by Gasteiger charge is 2.16. The van der Waals surface area contributed by atoms with Crippen LogP contribution in [0.15, 0.2) is 10.6 Å². The number of aryl methyl sites for hydroxylation is 1. The second-order valence-electron chi connectivity index (χ2n) is 4.08. The van der Waals surface area contributed by atoms with Crippen LogP contribution in [0.3, 0.4) is 0 Å². The van der Waals surface area contributed by atoms with Crippen molar-refractivity contribution >= 4 is 22.4 Å². The lowest BCUT2D eigenvalue weighted by atomic mass is 10.1. The number of hydrogen-bond acceptors (Lipinski definition) is 6. The molecule has 0 aromatic carbocycles. The third kappa shape index (κ3) is 2.73. The van der Waals surface area contributed by atoms with Gasteiger partial charge in [-0.15, -0.1) is 10.2 Å². The molecule has 0 aliphatic heterocycles. The van der Waals surface area contributed by atoms with Crippen LogP contribution in [0.25, 0.3) is 0 Å². The molecule has 0 saturated carbocycles. The largest absolute Gasteiger partial charge is 0.360 e. The highest BCUT2D eigenvalue weighted by atomic mass is 32.1. The molecule has 0 spiro atoms. The Morgan fingerprint density at radius 1 is 1.50 bits per heavy atom. The molecule has 2 aromatic rings. The summed E-state index contributed by atoms with van der Waals surface area (Å²) in [4.78, 5) is 11.9. The molecule has 0 atom stereocenters. The van der Waals surface area contributed by atoms with Gasteiger partial charge in [0.15, 0.2) is 5.69 Å². The van der Waals surface area contributed by atoms with E-state index in [-0.39, 0.29) is 17.5 Å². The molecule has 0 aliphatic rings. The summed E-state index contributed by atoms with van der Waals surface area (Å²) in [6.45, 7) is 5.93. The van der Waals surface area contributed by atoms with Crippen molar-refractivity contribution in [2.75, 3.05) is 5.32 Å². The minimum atomic E-state index is -0.329. The summed E-state index contributed by atoms with van der Waals surface area (Å²) in [6.07, 6.45) is 0.801. The Morgan fingerprint density at radius 2 is 2.28 bits per heavy atom. The molecule has 0 radical (unpaired) electrons. The lowest BCUT2D eigenvalue weighted by molar-refractivity contribution is 0.101. The van der Waals surface area contributed by atoms with Crippen molar-refractivity contribution in [1.29, 1.82) is 0 Å². The Bertz CT molecular complexity index is 547. The van der Waals surface area contributed by atoms with Gasteiger partial charge in [-0.25, -0.2) is 0 Å². The third-order valence-electron chi connectivity index (χ3n) is 2.32. The molecule has 0 bridgehead atoms. The summed E-state index contributed by atoms with van der Waals surface area (Å²) in [6, 6.07) is 1.64. The van der Waals surface area contributed by atoms with Gasteiger partial charge in [0.2, 0.25) is 5.13 Å². The highest BCUT2D eigenvalue weighted by Crippen LogP contribution is 2.18. The van der Waals surface area contributed by atoms with Crippen LogP contribution in [0, 0.1) is 0 Å². The molecule has 6 nitrogen and oxygen atoms in total. The number of aromatic nitrogens is 3. The second-order valence-corrected chi connectivity index (χ2v) is 5.14. The Balaban J connectivity index is 2.06. The van der Waals surface area contributed by atoms with Gasteiger partial charge in [0.05, 0.1) is 0 Å². The van der Waals surface area contributed by atoms with Gasteiger partial charge in [0.25, 0.3) is 5.91 Å². The Hall–Kier alpha value is -1.76. The molecular weight excluding hydrogens is 252 g/mol. The van der Waals surface area contributed by atoms with Crippen molar-refractivity contribution in [3.8, 4) is 0 Å². The van der Waals surface area contributed by atoms with Crippen molar-refractivity contribution in [3.63, 3.8) is 0 Å². The molecule has 2 rings (SSSR count). The van der Waals surface area contributed by atoms with E-state index in [1.807, 2.05) is 20.8 Å². The van der Waals surface area contributed by atoms with Crippen molar-refractivity contribution in [3.05, 3.63) is 22.5 Å². The van der Waals surface area contributed by atoms with Crippen LogP contribution < -0.4 is 5.32 Å². The molecule has 7 heteroatoms. The zero-order chi connectivity index (χ0) is 13.1. The minimum absolute atomic E-state index is 0.201. The smallest absolute Gasteiger partial charge is 0.279 e. The number of rotatable bonds is 4. The van der Waals surface area contributed by atoms with Gasteiger partial charge in [-0.2, -0.15) is 0 Å². The Labute approximate surface area is 108 Å². The molecule has 0 aliphatic carbocycles. The predicted octanol–water partition coefficient (Wildman–Crippen LogP) is 2.46. The van der Waals surface area contributed by atoms with E-state index in [9.17, 15) is 4.79 Å². The van der Waals surface area contributed by atoms with Gasteiger partial charge >= 0.3 is 0 Å². The molecule has 0 fully saturated rings. The van der Waals surface area contributed by atoms with E-state index in [2.05, 4.69) is 20.7 Å². The lowest BCUT2D eigenvalue weighted by Crippen LogP contribution is -2.11. The van der Waals surface area contributed by atoms with Gasteiger partial charge in [0.1, 0.15) is 10.8 Å². The zero-order valence-corrected chi connectivity index (χ0v) is 11.2. The van der Waals surface area contributed by atoms with E-state index in [1.165, 1.54) is 11.3 Å². The van der Waals surface area contributed by atoms with Gasteiger partial charge in [-0.05, 0) is 6.42 Å². The first-order chi connectivity index (χ1) is 8.60. The first-order valence-corrected chi connectivity index (χ1v) is 6.52. The topological polar surface area (TPSA) is 80.9 Å². The molecule has 1 amide bonds. The maximum atomic E-state index is 11.9. The number of carbonyl (C=O) groups excluding carboxylic acids is 1. The highest BCUT2D eigenvalue weighted by molar-refractivity contribution is 7.15. The first-order valence-electron chi connectivity index (χ1n) is 5.70. The van der Waals surface area contributed by atoms with Crippen LogP contribution in [0.5, 0.6) is 0 Å². The first kappa shape index (κ1) is 12.7. The molecule has 96 valence electrons. The van der Waals surface area contributed by atoms with Crippen LogP contribution in [0.1, 0.15) is 47.9 Å². The minimum Gasteiger partial charge on any atom is -0.360 e. The Kier molecular flexibility index (Phi) is 3.71. The van der Waals surface area contributed by atoms with E-state index in [4.69, 9.17) is 4.52 Å². The number of amides is 1. The lowest BCUT2D eigenvalue weighted by Gasteiger charge is -1.95. The third-order valence-corrected chi connectivity index (χ3v) is 3.30. The van der Waals surface area contributed by atoms with Crippen molar-refractivity contribution < 1.29 is 9.32 Å². The standard InChI is InChI=1S/C11H14N4O2S/c1-4-9-13-14-11(18-9)12-10(16)7-5-8(6(2)3)17-15-7/h5-6H,4H2,1-3H3,(H,12,14,16). The average Bonchev–Trinajstić information content (AvgIpc) is 2.97. The fourth-order valence-electron chi connectivity index (χ4n) is 1.28. The quantitative estimate of drug-likeness (QED) is 0.919. The molecule has 1 N–H and O–H groups in total. The maximum absolute atomic E-state index is 11.9. The van der Waals surface area contributed by atoms with Crippen LogP contribution in [-0.4, -0.2) is 21.3 Å². The summed E-state index contributed by atoms with van der Waals surface area (Å²) in [7, 11) is 0. The Morgan fingerprint density at radius 3 is 2.83 bits per heavy atom. The van der Waals surface area contributed by atoms with Crippen molar-refractivity contribution in [2.45, 2.75) is 33.1 Å².